The topological polar surface area (TPSA) is 530 Å². The van der Waals surface area contributed by atoms with Gasteiger partial charge in [-0.15, -0.1) is 0 Å². The van der Waals surface area contributed by atoms with Crippen molar-refractivity contribution >= 4 is 70.5 Å². The van der Waals surface area contributed by atoms with E-state index >= 15 is 14.4 Å². The number of carboxylic acid groups (broad SMARTS) is 1. The lowest BCUT2D eigenvalue weighted by Crippen LogP contribution is -2.64. The van der Waals surface area contributed by atoms with Crippen LogP contribution in [0.5, 0.6) is 46.0 Å². The van der Waals surface area contributed by atoms with Crippen molar-refractivity contribution in [2.45, 2.75) is 163 Å². The van der Waals surface area contributed by atoms with Crippen molar-refractivity contribution in [3.63, 3.8) is 0 Å². The Hall–Kier alpha value is -9.20. The lowest BCUT2D eigenvalue weighted by Gasteiger charge is -2.47. The first-order valence-corrected chi connectivity index (χ1v) is 32.9. The van der Waals surface area contributed by atoms with Gasteiger partial charge in [0.15, 0.2) is 29.9 Å². The number of carboxylic acids is 1. The molecule has 7 aliphatic heterocycles. The predicted molar refractivity (Wildman–Crippen MR) is 354 cm³/mol. The van der Waals surface area contributed by atoms with Gasteiger partial charge in [0, 0.05) is 53.6 Å². The highest BCUT2D eigenvalue weighted by atomic mass is 35.5. The molecule has 0 aliphatic carbocycles. The van der Waals surface area contributed by atoms with E-state index in [1.54, 1.807) is 0 Å². The van der Waals surface area contributed by atoms with Crippen LogP contribution in [-0.4, -0.2) is 191 Å². The maximum Gasteiger partial charge on any atom is 0.330 e. The Morgan fingerprint density at radius 2 is 1.34 bits per heavy atom. The number of fused-ring (bicyclic) bond motifs is 16. The van der Waals surface area contributed by atoms with Crippen LogP contribution in [0.3, 0.4) is 0 Å². The fraction of sp³-hybridized carbons (Fsp3) is 0.433. The molecule has 102 heavy (non-hydrogen) atoms. The van der Waals surface area contributed by atoms with Crippen molar-refractivity contribution in [1.82, 2.24) is 37.2 Å². The Morgan fingerprint density at radius 3 is 1.93 bits per heavy atom. The summed E-state index contributed by atoms with van der Waals surface area (Å²) in [4.78, 5) is 116. The van der Waals surface area contributed by atoms with E-state index in [4.69, 9.17) is 63.1 Å². The second kappa shape index (κ2) is 30.8. The van der Waals surface area contributed by atoms with Crippen LogP contribution in [0.25, 0.3) is 11.1 Å². The maximum atomic E-state index is 16.0. The molecule has 12 rings (SSSR count). The van der Waals surface area contributed by atoms with Gasteiger partial charge in [-0.1, -0.05) is 55.2 Å². The minimum atomic E-state index is -2.27. The Balaban J connectivity index is 1.23. The Morgan fingerprint density at radius 1 is 0.725 bits per heavy atom. The number of phenols is 3. The zero-order valence-corrected chi connectivity index (χ0v) is 56.5. The molecule has 0 radical (unpaired) electrons. The molecule has 7 amide bonds. The van der Waals surface area contributed by atoms with Gasteiger partial charge in [-0.05, 0) is 110 Å². The fourth-order valence-corrected chi connectivity index (χ4v) is 13.2. The molecule has 5 aromatic carbocycles. The van der Waals surface area contributed by atoms with E-state index < -0.39 is 238 Å². The van der Waals surface area contributed by atoms with Crippen molar-refractivity contribution in [3.8, 4) is 57.1 Å². The molecule has 11 bridgehead atoms. The molecular formula is C67H77Cl2N9O24. The first kappa shape index (κ1) is 75.5. The number of phenolic OH excluding ortho intramolecular Hbond substituents is 3. The van der Waals surface area contributed by atoms with Crippen molar-refractivity contribution in [2.75, 3.05) is 13.7 Å². The van der Waals surface area contributed by atoms with Crippen LogP contribution in [0.4, 0.5) is 0 Å². The van der Waals surface area contributed by atoms with Gasteiger partial charge in [0.05, 0.1) is 34.9 Å². The first-order valence-electron chi connectivity index (χ1n) is 32.1. The molecule has 0 saturated carbocycles. The highest BCUT2D eigenvalue weighted by molar-refractivity contribution is 6.32. The average molecular weight is 1460 g/mol. The van der Waals surface area contributed by atoms with E-state index in [0.29, 0.717) is 0 Å². The summed E-state index contributed by atoms with van der Waals surface area (Å²) in [5, 5.41) is 131. The number of nitrogens with two attached hydrogens (primary N) is 2. The van der Waals surface area contributed by atoms with Crippen LogP contribution >= 0.6 is 23.2 Å². The van der Waals surface area contributed by atoms with Gasteiger partial charge in [0.25, 0.3) is 0 Å². The number of aliphatic hydroxyl groups excluding tert-OH is 6. The molecule has 0 aromatic heterocycles. The number of benzene rings is 5. The SMILES string of the molecule is CN[C@H](CC(C)C)C(=O)N[C@H]1C(=O)N[C@@H](CC(N)=O)CC(=O)N[C@H]2C(=O)N[C@H]3C(=O)N[C@H](C(=O)NC(C(=O)O)c4cc(O)cc(O)c4-c4cc3ccc4O)[C@H](O)c3ccc(c(Cl)c3)Oc3cc2cc(c3O[C@@H]2O[C@H](CO)[C@@H](O)[C@H](O)[C@H]2O[C@H]2C[C@](C)(N)[C@H](O)[C@H](C)O2)Oc2ccc(cc2Cl)[C@H]1O. The standard InChI is InChI=1S/C67H77Cl2N9O24/c1-24(2)12-36(72-5)60(90)77-51-53(85)27-7-10-39(34(68)14-27)98-41-16-29-17-42(57(41)102-66-58(56(88)55(87)43(23-79)100-66)101-46-22-67(4,71)59(89)25(3)97-46)99-40-11-8-28(15-35(40)69)54(86)52-64(94)76-50(65(95)96)33-20-31(80)21-38(82)47(33)32-13-26(6-9-37(32)81)48(61(91)78-52)75-62(92)49(29)74-45(84)19-30(18-44(70)83)73-63(51)93/h6-11,13-17,20-21,24-25,30,36,43,46,48-56,58-59,66,72,79-82,85-89H,12,18-19,22-23,71H2,1-5H3,(H2,70,83)(H,73,93)(H,74,84)(H,75,92)(H,76,94)(H,77,90)(H,78,91)(H,95,96)/t25-,30-,36+,43+,46-,48+,49+,50?,51+,52-,53+,54+,55+,56-,58+,59+,66-,67-/m0/s1. The smallest absolute Gasteiger partial charge is 0.330 e. The minimum Gasteiger partial charge on any atom is -0.508 e. The summed E-state index contributed by atoms with van der Waals surface area (Å²) in [6, 6.07) is 0.368. The number of hydrogen-bond acceptors (Lipinski definition) is 25. The van der Waals surface area contributed by atoms with E-state index in [1.807, 2.05) is 13.8 Å². The van der Waals surface area contributed by atoms with Gasteiger partial charge in [-0.2, -0.15) is 0 Å². The number of nitrogens with one attached hydrogen (secondary N) is 7. The number of carbonyl (C=O) groups is 8. The normalized spacial score (nSPS) is 29.4. The summed E-state index contributed by atoms with van der Waals surface area (Å²) in [5.74, 6) is -15.2. The first-order chi connectivity index (χ1) is 48.1. The molecular weight excluding hydrogens is 1390 g/mol. The van der Waals surface area contributed by atoms with Gasteiger partial charge < -0.3 is 128 Å². The molecule has 18 atom stereocenters. The van der Waals surface area contributed by atoms with E-state index in [1.165, 1.54) is 33.0 Å². The van der Waals surface area contributed by atoms with Gasteiger partial charge in [-0.25, -0.2) is 4.79 Å². The number of aliphatic carboxylic acids is 1. The maximum absolute atomic E-state index is 16.0. The number of halogens is 2. The summed E-state index contributed by atoms with van der Waals surface area (Å²) in [6.07, 6.45) is -19.1. The van der Waals surface area contributed by atoms with Gasteiger partial charge in [0.1, 0.15) is 83.4 Å². The second-order valence-corrected chi connectivity index (χ2v) is 26.9. The van der Waals surface area contributed by atoms with Crippen LogP contribution in [-0.2, 0) is 52.6 Å². The Bertz CT molecular complexity index is 4090. The van der Waals surface area contributed by atoms with E-state index in [2.05, 4.69) is 37.2 Å². The highest BCUT2D eigenvalue weighted by Crippen LogP contribution is 2.50. The molecule has 1 unspecified atom stereocenters. The molecule has 33 nitrogen and oxygen atoms in total. The monoisotopic (exact) mass is 1460 g/mol. The lowest BCUT2D eigenvalue weighted by molar-refractivity contribution is -0.333. The summed E-state index contributed by atoms with van der Waals surface area (Å²) < 4.78 is 38.4. The second-order valence-electron chi connectivity index (χ2n) is 26.1. The Kier molecular flexibility index (Phi) is 22.8. The number of likely N-dealkylation sites (N-methyl/N-ethyl adjacent to an activating group) is 1. The molecule has 7 heterocycles. The lowest BCUT2D eigenvalue weighted by atomic mass is 9.86. The van der Waals surface area contributed by atoms with Crippen LogP contribution in [0.2, 0.25) is 10.0 Å². The van der Waals surface area contributed by atoms with E-state index in [9.17, 15) is 75.0 Å². The van der Waals surface area contributed by atoms with Crippen molar-refractivity contribution in [1.29, 1.82) is 0 Å². The van der Waals surface area contributed by atoms with Gasteiger partial charge >= 0.3 is 5.97 Å². The number of carbonyl (C=O) groups excluding carboxylic acids is 7. The van der Waals surface area contributed by atoms with Crippen LogP contribution in [0.15, 0.2) is 78.9 Å². The number of primary amides is 1. The van der Waals surface area contributed by atoms with Crippen LogP contribution < -0.4 is 62.9 Å². The third kappa shape index (κ3) is 16.2. The number of aliphatic hydroxyl groups is 6. The predicted octanol–water partition coefficient (Wildman–Crippen LogP) is 0.496. The average Bonchev–Trinajstić information content (AvgIpc) is 0.798. The van der Waals surface area contributed by atoms with E-state index in [0.717, 1.165) is 66.7 Å². The quantitative estimate of drug-likeness (QED) is 0.0763. The molecule has 5 aromatic rings. The molecule has 2 saturated heterocycles. The molecule has 7 aliphatic rings. The molecule has 35 heteroatoms. The summed E-state index contributed by atoms with van der Waals surface area (Å²) in [6.45, 7) is 5.70. The number of hydrogen-bond donors (Lipinski definition) is 19. The van der Waals surface area contributed by atoms with Crippen LogP contribution in [0, 0.1) is 5.92 Å². The number of ether oxygens (including phenoxy) is 6. The van der Waals surface area contributed by atoms with Gasteiger partial charge in [0.2, 0.25) is 53.4 Å². The largest absolute Gasteiger partial charge is 0.508 e. The van der Waals surface area contributed by atoms with E-state index in [-0.39, 0.29) is 52.0 Å². The summed E-state index contributed by atoms with van der Waals surface area (Å²) >= 11 is 14.1. The number of rotatable bonds is 13. The number of amides is 7. The molecule has 21 N–H and O–H groups in total. The van der Waals surface area contributed by atoms with Crippen molar-refractivity contribution in [2.24, 2.45) is 17.4 Å². The summed E-state index contributed by atoms with van der Waals surface area (Å²) in [7, 11) is 1.49. The van der Waals surface area contributed by atoms with Crippen molar-refractivity contribution < 1.29 is 118 Å². The molecule has 2 fully saturated rings. The minimum absolute atomic E-state index is 0.0726. The van der Waals surface area contributed by atoms with Gasteiger partial charge in [-0.3, -0.25) is 33.6 Å². The summed E-state index contributed by atoms with van der Waals surface area (Å²) in [5.41, 5.74) is 8.16. The van der Waals surface area contributed by atoms with Crippen molar-refractivity contribution in [3.05, 3.63) is 117 Å². The third-order valence-corrected chi connectivity index (χ3v) is 18.6. The zero-order chi connectivity index (χ0) is 74.2. The molecule has 548 valence electrons. The number of aromatic hydroxyl groups is 3. The fourth-order valence-electron chi connectivity index (χ4n) is 12.7. The zero-order valence-electron chi connectivity index (χ0n) is 55.0. The third-order valence-electron chi connectivity index (χ3n) is 18.0. The Labute approximate surface area is 590 Å². The molecule has 0 spiro atoms. The van der Waals surface area contributed by atoms with Crippen LogP contribution in [0.1, 0.15) is 112 Å². The highest BCUT2D eigenvalue weighted by Gasteiger charge is 2.51.